The summed E-state index contributed by atoms with van der Waals surface area (Å²) in [4.78, 5) is 11.8. The number of hydrogen-bond acceptors (Lipinski definition) is 2. The number of ketones is 1. The summed E-state index contributed by atoms with van der Waals surface area (Å²) in [6.07, 6.45) is -4.18. The van der Waals surface area contributed by atoms with Crippen LogP contribution < -0.4 is 0 Å². The van der Waals surface area contributed by atoms with Crippen LogP contribution in [-0.4, -0.2) is 15.6 Å². The molecule has 0 saturated carbocycles. The van der Waals surface area contributed by atoms with Crippen molar-refractivity contribution in [3.63, 3.8) is 0 Å². The molecule has 8 heteroatoms. The Hall–Kier alpha value is -2.25. The highest BCUT2D eigenvalue weighted by atomic mass is 19.4. The summed E-state index contributed by atoms with van der Waals surface area (Å²) in [6, 6.07) is 2.67. The quantitative estimate of drug-likeness (QED) is 0.752. The van der Waals surface area contributed by atoms with Crippen LogP contribution in [0.25, 0.3) is 5.69 Å². The second-order valence-electron chi connectivity index (χ2n) is 4.96. The first-order chi connectivity index (χ1) is 10.3. The molecule has 0 bridgehead atoms. The second-order valence-corrected chi connectivity index (χ2v) is 4.96. The Morgan fingerprint density at radius 2 is 1.82 bits per heavy atom. The lowest BCUT2D eigenvalue weighted by molar-refractivity contribution is -0.141. The highest BCUT2D eigenvalue weighted by Crippen LogP contribution is 2.36. The van der Waals surface area contributed by atoms with Gasteiger partial charge in [-0.3, -0.25) is 4.79 Å². The zero-order valence-electron chi connectivity index (χ0n) is 11.0. The first-order valence-electron chi connectivity index (χ1n) is 6.46. The van der Waals surface area contributed by atoms with Crippen molar-refractivity contribution in [2.24, 2.45) is 0 Å². The lowest BCUT2D eigenvalue weighted by Crippen LogP contribution is -2.16. The molecule has 3 nitrogen and oxygen atoms in total. The molecular weight excluding hydrogens is 307 g/mol. The van der Waals surface area contributed by atoms with Gasteiger partial charge in [0.15, 0.2) is 23.1 Å². The second kappa shape index (κ2) is 4.89. The summed E-state index contributed by atoms with van der Waals surface area (Å²) < 4.78 is 66.3. The molecule has 0 aliphatic heterocycles. The van der Waals surface area contributed by atoms with Gasteiger partial charge in [-0.1, -0.05) is 0 Å². The maximum absolute atomic E-state index is 13.3. The molecule has 2 aromatic rings. The minimum Gasteiger partial charge on any atom is -0.294 e. The van der Waals surface area contributed by atoms with E-state index >= 15 is 0 Å². The average molecular weight is 316 g/mol. The van der Waals surface area contributed by atoms with E-state index in [4.69, 9.17) is 0 Å². The summed E-state index contributed by atoms with van der Waals surface area (Å²) in [5, 5.41) is 3.44. The van der Waals surface area contributed by atoms with Crippen LogP contribution in [0.15, 0.2) is 18.2 Å². The van der Waals surface area contributed by atoms with Crippen LogP contribution >= 0.6 is 0 Å². The smallest absolute Gasteiger partial charge is 0.294 e. The van der Waals surface area contributed by atoms with Crippen molar-refractivity contribution in [3.05, 3.63) is 46.8 Å². The zero-order valence-corrected chi connectivity index (χ0v) is 11.0. The molecule has 0 spiro atoms. The van der Waals surface area contributed by atoms with Crippen molar-refractivity contribution >= 4 is 5.78 Å². The molecule has 0 saturated heterocycles. The van der Waals surface area contributed by atoms with E-state index < -0.39 is 34.9 Å². The molecule has 0 fully saturated rings. The van der Waals surface area contributed by atoms with Crippen molar-refractivity contribution in [2.75, 3.05) is 0 Å². The molecule has 0 radical (unpaired) electrons. The van der Waals surface area contributed by atoms with Crippen LogP contribution in [-0.2, 0) is 12.6 Å². The maximum Gasteiger partial charge on any atom is 0.435 e. The molecular formula is C14H9F5N2O. The molecule has 1 aromatic carbocycles. The molecule has 116 valence electrons. The van der Waals surface area contributed by atoms with E-state index in [9.17, 15) is 26.7 Å². The van der Waals surface area contributed by atoms with Crippen molar-refractivity contribution in [2.45, 2.75) is 25.4 Å². The van der Waals surface area contributed by atoms with Gasteiger partial charge in [-0.25, -0.2) is 13.5 Å². The number of nitrogens with zero attached hydrogens (tertiary/aromatic N) is 2. The molecule has 0 amide bonds. The number of hydrogen-bond donors (Lipinski definition) is 0. The van der Waals surface area contributed by atoms with Crippen LogP contribution in [0, 0.1) is 11.6 Å². The van der Waals surface area contributed by atoms with E-state index in [0.29, 0.717) is 6.42 Å². The highest BCUT2D eigenvalue weighted by molar-refractivity contribution is 5.99. The van der Waals surface area contributed by atoms with Crippen molar-refractivity contribution in [1.82, 2.24) is 9.78 Å². The van der Waals surface area contributed by atoms with Gasteiger partial charge in [-0.05, 0) is 25.0 Å². The summed E-state index contributed by atoms with van der Waals surface area (Å²) >= 11 is 0. The fourth-order valence-corrected chi connectivity index (χ4v) is 2.55. The topological polar surface area (TPSA) is 34.9 Å². The molecule has 22 heavy (non-hydrogen) atoms. The van der Waals surface area contributed by atoms with Gasteiger partial charge in [0.25, 0.3) is 0 Å². The summed E-state index contributed by atoms with van der Waals surface area (Å²) in [5.41, 5.74) is -1.73. The van der Waals surface area contributed by atoms with E-state index in [1.807, 2.05) is 0 Å². The highest BCUT2D eigenvalue weighted by Gasteiger charge is 2.42. The van der Waals surface area contributed by atoms with E-state index in [1.165, 1.54) is 0 Å². The van der Waals surface area contributed by atoms with E-state index in [-0.39, 0.29) is 24.2 Å². The monoisotopic (exact) mass is 316 g/mol. The number of carbonyl (C=O) groups is 1. The normalized spacial score (nSPS) is 15.0. The molecule has 1 aliphatic rings. The van der Waals surface area contributed by atoms with E-state index in [0.717, 1.165) is 22.9 Å². The third-order valence-electron chi connectivity index (χ3n) is 3.49. The van der Waals surface area contributed by atoms with Crippen molar-refractivity contribution in [3.8, 4) is 5.69 Å². The van der Waals surface area contributed by atoms with E-state index in [2.05, 4.69) is 5.10 Å². The summed E-state index contributed by atoms with van der Waals surface area (Å²) in [6.45, 7) is 0. The Bertz CT molecular complexity index is 763. The van der Waals surface area contributed by atoms with Gasteiger partial charge in [0.05, 0.1) is 16.9 Å². The fourth-order valence-electron chi connectivity index (χ4n) is 2.55. The minimum absolute atomic E-state index is 0.0134. The molecule has 1 heterocycles. The average Bonchev–Trinajstić information content (AvgIpc) is 2.83. The van der Waals surface area contributed by atoms with E-state index in [1.54, 1.807) is 0 Å². The van der Waals surface area contributed by atoms with Gasteiger partial charge in [0.1, 0.15) is 0 Å². The maximum atomic E-state index is 13.3. The third kappa shape index (κ3) is 2.28. The number of halogens is 5. The fraction of sp³-hybridized carbons (Fsp3) is 0.286. The lowest BCUT2D eigenvalue weighted by atomic mass is 9.94. The number of Topliss-reactive ketones (excluding diaryl/α,β-unsaturated/α-hetero) is 1. The van der Waals surface area contributed by atoms with Crippen LogP contribution in [0.4, 0.5) is 22.0 Å². The Kier molecular flexibility index (Phi) is 3.26. The Labute approximate surface area is 121 Å². The van der Waals surface area contributed by atoms with Crippen molar-refractivity contribution < 1.29 is 26.7 Å². The first kappa shape index (κ1) is 14.7. The van der Waals surface area contributed by atoms with Gasteiger partial charge in [-0.15, -0.1) is 0 Å². The molecule has 0 N–H and O–H groups in total. The standard InChI is InChI=1S/C14H9F5N2O/c15-8-5-4-7(6-9(8)16)21-10-2-1-3-11(22)12(10)13(20-21)14(17,18)19/h4-6H,1-3H2. The number of fused-ring (bicyclic) bond motifs is 1. The van der Waals surface area contributed by atoms with Gasteiger partial charge < -0.3 is 0 Å². The lowest BCUT2D eigenvalue weighted by Gasteiger charge is -2.14. The van der Waals surface area contributed by atoms with Crippen LogP contribution in [0.1, 0.15) is 34.6 Å². The predicted molar refractivity (Wildman–Crippen MR) is 65.8 cm³/mol. The van der Waals surface area contributed by atoms with Crippen LogP contribution in [0.3, 0.4) is 0 Å². The summed E-state index contributed by atoms with van der Waals surface area (Å²) in [7, 11) is 0. The summed E-state index contributed by atoms with van der Waals surface area (Å²) in [5.74, 6) is -2.95. The number of aromatic nitrogens is 2. The predicted octanol–water partition coefficient (Wildman–Crippen LogP) is 3.69. The van der Waals surface area contributed by atoms with Crippen LogP contribution in [0.5, 0.6) is 0 Å². The molecule has 0 atom stereocenters. The Balaban J connectivity index is 2.24. The number of rotatable bonds is 1. The SMILES string of the molecule is O=C1CCCc2c1c(C(F)(F)F)nn2-c1ccc(F)c(F)c1. The van der Waals surface area contributed by atoms with Gasteiger partial charge in [0, 0.05) is 12.5 Å². The third-order valence-corrected chi connectivity index (χ3v) is 3.49. The zero-order chi connectivity index (χ0) is 16.1. The molecule has 3 rings (SSSR count). The van der Waals surface area contributed by atoms with Gasteiger partial charge >= 0.3 is 6.18 Å². The molecule has 1 aromatic heterocycles. The van der Waals surface area contributed by atoms with Crippen molar-refractivity contribution in [1.29, 1.82) is 0 Å². The Morgan fingerprint density at radius 3 is 2.45 bits per heavy atom. The number of benzene rings is 1. The number of alkyl halides is 3. The molecule has 0 unspecified atom stereocenters. The molecule has 1 aliphatic carbocycles. The Morgan fingerprint density at radius 1 is 1.09 bits per heavy atom. The number of carbonyl (C=O) groups excluding carboxylic acids is 1. The van der Waals surface area contributed by atoms with Gasteiger partial charge in [-0.2, -0.15) is 18.3 Å². The van der Waals surface area contributed by atoms with Crippen LogP contribution in [0.2, 0.25) is 0 Å². The largest absolute Gasteiger partial charge is 0.435 e. The first-order valence-corrected chi connectivity index (χ1v) is 6.46. The van der Waals surface area contributed by atoms with Gasteiger partial charge in [0.2, 0.25) is 0 Å². The minimum atomic E-state index is -4.79.